The first-order chi connectivity index (χ1) is 19.0. The molecule has 2 aromatic carbocycles. The summed E-state index contributed by atoms with van der Waals surface area (Å²) in [6.45, 7) is 6.20. The van der Waals surface area contributed by atoms with E-state index in [-0.39, 0.29) is 25.4 Å². The SMILES string of the molecule is COc1ccc(CCN2C(=O)C(CC(=O)Nc3ccc(F)cc3)OC3CN(C(=O)OC(C)(C)C)CC32)cc1OC. The number of hydrogen-bond acceptors (Lipinski definition) is 7. The molecule has 10 nitrogen and oxygen atoms in total. The van der Waals surface area contributed by atoms with E-state index < -0.39 is 41.7 Å². The number of methoxy groups -OCH3 is 2. The number of carbonyl (C=O) groups is 3. The van der Waals surface area contributed by atoms with Crippen LogP contribution in [0.3, 0.4) is 0 Å². The van der Waals surface area contributed by atoms with E-state index in [1.165, 1.54) is 29.2 Å². The average Bonchev–Trinajstić information content (AvgIpc) is 3.33. The molecule has 0 aromatic heterocycles. The minimum atomic E-state index is -1.04. The van der Waals surface area contributed by atoms with Gasteiger partial charge in [-0.1, -0.05) is 6.07 Å². The largest absolute Gasteiger partial charge is 0.493 e. The Hall–Kier alpha value is -3.86. The molecule has 2 aromatic rings. The molecule has 0 bridgehead atoms. The van der Waals surface area contributed by atoms with Crippen LogP contribution in [0.4, 0.5) is 14.9 Å². The minimum Gasteiger partial charge on any atom is -0.493 e. The zero-order chi connectivity index (χ0) is 29.0. The Morgan fingerprint density at radius 2 is 1.75 bits per heavy atom. The van der Waals surface area contributed by atoms with Crippen LogP contribution in [0, 0.1) is 5.82 Å². The predicted molar refractivity (Wildman–Crippen MR) is 145 cm³/mol. The van der Waals surface area contributed by atoms with Gasteiger partial charge >= 0.3 is 6.09 Å². The highest BCUT2D eigenvalue weighted by molar-refractivity contribution is 5.95. The Bertz CT molecular complexity index is 1230. The van der Waals surface area contributed by atoms with Crippen LogP contribution in [-0.4, -0.2) is 85.4 Å². The van der Waals surface area contributed by atoms with Crippen LogP contribution in [0.2, 0.25) is 0 Å². The molecule has 40 heavy (non-hydrogen) atoms. The van der Waals surface area contributed by atoms with Crippen molar-refractivity contribution in [1.82, 2.24) is 9.80 Å². The number of morpholine rings is 1. The van der Waals surface area contributed by atoms with Gasteiger partial charge in [-0.3, -0.25) is 9.59 Å². The molecule has 0 aliphatic carbocycles. The zero-order valence-corrected chi connectivity index (χ0v) is 23.4. The highest BCUT2D eigenvalue weighted by atomic mass is 19.1. The smallest absolute Gasteiger partial charge is 0.410 e. The van der Waals surface area contributed by atoms with Gasteiger partial charge in [-0.05, 0) is 69.2 Å². The molecular weight excluding hydrogens is 521 g/mol. The lowest BCUT2D eigenvalue weighted by Crippen LogP contribution is -2.59. The summed E-state index contributed by atoms with van der Waals surface area (Å²) in [4.78, 5) is 42.5. The molecule has 2 fully saturated rings. The van der Waals surface area contributed by atoms with Crippen LogP contribution in [-0.2, 0) is 25.5 Å². The van der Waals surface area contributed by atoms with Gasteiger partial charge in [-0.25, -0.2) is 9.18 Å². The van der Waals surface area contributed by atoms with E-state index in [2.05, 4.69) is 5.32 Å². The maximum atomic E-state index is 13.6. The van der Waals surface area contributed by atoms with Crippen LogP contribution in [0.5, 0.6) is 11.5 Å². The molecule has 0 spiro atoms. The maximum absolute atomic E-state index is 13.6. The first kappa shape index (κ1) is 29.1. The molecule has 0 saturated carbocycles. The summed E-state index contributed by atoms with van der Waals surface area (Å²) in [5, 5.41) is 2.68. The normalized spacial score (nSPS) is 20.6. The van der Waals surface area contributed by atoms with Gasteiger partial charge < -0.3 is 34.1 Å². The van der Waals surface area contributed by atoms with E-state index in [1.807, 2.05) is 12.1 Å². The third-order valence-corrected chi connectivity index (χ3v) is 6.77. The van der Waals surface area contributed by atoms with E-state index in [1.54, 1.807) is 46.0 Å². The van der Waals surface area contributed by atoms with Crippen molar-refractivity contribution in [2.75, 3.05) is 39.2 Å². The number of anilines is 1. The van der Waals surface area contributed by atoms with Crippen LogP contribution < -0.4 is 14.8 Å². The van der Waals surface area contributed by atoms with Gasteiger partial charge in [0.2, 0.25) is 5.91 Å². The summed E-state index contributed by atoms with van der Waals surface area (Å²) < 4.78 is 35.6. The summed E-state index contributed by atoms with van der Waals surface area (Å²) in [5.74, 6) is -0.00808. The number of nitrogens with one attached hydrogen (secondary N) is 1. The number of benzene rings is 2. The number of ether oxygens (including phenoxy) is 4. The Morgan fingerprint density at radius 1 is 1.05 bits per heavy atom. The Kier molecular flexibility index (Phi) is 8.82. The first-order valence-electron chi connectivity index (χ1n) is 13.2. The molecular formula is C29H36FN3O7. The fourth-order valence-corrected chi connectivity index (χ4v) is 4.89. The highest BCUT2D eigenvalue weighted by Gasteiger charge is 2.49. The van der Waals surface area contributed by atoms with Crippen LogP contribution in [0.1, 0.15) is 32.8 Å². The summed E-state index contributed by atoms with van der Waals surface area (Å²) in [5.41, 5.74) is 0.672. The van der Waals surface area contributed by atoms with Crippen molar-refractivity contribution in [2.24, 2.45) is 0 Å². The van der Waals surface area contributed by atoms with Crippen molar-refractivity contribution in [1.29, 1.82) is 0 Å². The van der Waals surface area contributed by atoms with Crippen molar-refractivity contribution in [3.8, 4) is 11.5 Å². The van der Waals surface area contributed by atoms with E-state index in [0.717, 1.165) is 5.56 Å². The summed E-state index contributed by atoms with van der Waals surface area (Å²) in [7, 11) is 3.12. The number of carbonyl (C=O) groups excluding carboxylic acids is 3. The number of rotatable bonds is 8. The van der Waals surface area contributed by atoms with Crippen LogP contribution >= 0.6 is 0 Å². The summed E-state index contributed by atoms with van der Waals surface area (Å²) in [6.07, 6.45) is -1.72. The third-order valence-electron chi connectivity index (χ3n) is 6.77. The van der Waals surface area contributed by atoms with Crippen LogP contribution in [0.25, 0.3) is 0 Å². The Morgan fingerprint density at radius 3 is 2.40 bits per heavy atom. The number of likely N-dealkylation sites (tertiary alicyclic amines) is 1. The second-order valence-electron chi connectivity index (χ2n) is 10.8. The van der Waals surface area contributed by atoms with Gasteiger partial charge in [0, 0.05) is 18.8 Å². The highest BCUT2D eigenvalue weighted by Crippen LogP contribution is 2.31. The summed E-state index contributed by atoms with van der Waals surface area (Å²) >= 11 is 0. The van der Waals surface area contributed by atoms with E-state index in [4.69, 9.17) is 18.9 Å². The van der Waals surface area contributed by atoms with E-state index in [0.29, 0.717) is 30.2 Å². The maximum Gasteiger partial charge on any atom is 0.410 e. The van der Waals surface area contributed by atoms with Crippen molar-refractivity contribution in [3.05, 3.63) is 53.8 Å². The number of fused-ring (bicyclic) bond motifs is 1. The molecule has 216 valence electrons. The molecule has 1 N–H and O–H groups in total. The number of halogens is 1. The topological polar surface area (TPSA) is 107 Å². The molecule has 11 heteroatoms. The van der Waals surface area contributed by atoms with Gasteiger partial charge in [-0.15, -0.1) is 0 Å². The molecule has 4 rings (SSSR count). The molecule has 2 saturated heterocycles. The van der Waals surface area contributed by atoms with E-state index >= 15 is 0 Å². The molecule has 3 atom stereocenters. The first-order valence-corrected chi connectivity index (χ1v) is 13.2. The predicted octanol–water partition coefficient (Wildman–Crippen LogP) is 3.63. The molecule has 2 heterocycles. The average molecular weight is 558 g/mol. The molecule has 2 aliphatic rings. The van der Waals surface area contributed by atoms with Gasteiger partial charge in [0.1, 0.15) is 17.5 Å². The third kappa shape index (κ3) is 7.01. The standard InChI is InChI=1S/C29H36FN3O7/c1-29(2,3)40-28(36)32-16-21-25(17-32)39-24(15-26(34)31-20-9-7-19(30)8-10-20)27(35)33(21)13-12-18-6-11-22(37-4)23(14-18)38-5/h6-11,14,21,24-25H,12-13,15-17H2,1-5H3,(H,31,34). The van der Waals surface area contributed by atoms with Crippen LogP contribution in [0.15, 0.2) is 42.5 Å². The van der Waals surface area contributed by atoms with Gasteiger partial charge in [0.25, 0.3) is 5.91 Å². The fraction of sp³-hybridized carbons (Fsp3) is 0.483. The van der Waals surface area contributed by atoms with Gasteiger partial charge in [-0.2, -0.15) is 0 Å². The lowest BCUT2D eigenvalue weighted by atomic mass is 10.0. The second-order valence-corrected chi connectivity index (χ2v) is 10.8. The van der Waals surface area contributed by atoms with Crippen molar-refractivity contribution < 1.29 is 37.7 Å². The lowest BCUT2D eigenvalue weighted by molar-refractivity contribution is -0.168. The lowest BCUT2D eigenvalue weighted by Gasteiger charge is -2.40. The zero-order valence-electron chi connectivity index (χ0n) is 23.4. The Labute approximate surface area is 233 Å². The second kappa shape index (κ2) is 12.1. The van der Waals surface area contributed by atoms with Gasteiger partial charge in [0.15, 0.2) is 11.5 Å². The number of amides is 3. The monoisotopic (exact) mass is 557 g/mol. The summed E-state index contributed by atoms with van der Waals surface area (Å²) in [6, 6.07) is 10.5. The molecule has 0 radical (unpaired) electrons. The van der Waals surface area contributed by atoms with Crippen molar-refractivity contribution >= 4 is 23.6 Å². The Balaban J connectivity index is 1.50. The number of nitrogens with zero attached hydrogens (tertiary/aromatic N) is 2. The van der Waals surface area contributed by atoms with Crippen molar-refractivity contribution in [2.45, 2.75) is 57.5 Å². The van der Waals surface area contributed by atoms with E-state index in [9.17, 15) is 18.8 Å². The van der Waals surface area contributed by atoms with Crippen molar-refractivity contribution in [3.63, 3.8) is 0 Å². The number of hydrogen-bond donors (Lipinski definition) is 1. The minimum absolute atomic E-state index is 0.223. The van der Waals surface area contributed by atoms with Gasteiger partial charge in [0.05, 0.1) is 39.3 Å². The quantitative estimate of drug-likeness (QED) is 0.528. The molecule has 2 aliphatic heterocycles. The molecule has 3 amide bonds. The molecule has 3 unspecified atom stereocenters. The fourth-order valence-electron chi connectivity index (χ4n) is 4.89.